The summed E-state index contributed by atoms with van der Waals surface area (Å²) in [5.74, 6) is 0.710. The molecule has 1 N–H and O–H groups in total. The lowest BCUT2D eigenvalue weighted by atomic mass is 10.1. The van der Waals surface area contributed by atoms with Gasteiger partial charge in [0, 0.05) is 19.2 Å². The second-order valence-corrected chi connectivity index (χ2v) is 5.09. The lowest BCUT2D eigenvalue weighted by Crippen LogP contribution is -2.35. The molecule has 1 aromatic carbocycles. The third kappa shape index (κ3) is 3.31. The van der Waals surface area contributed by atoms with Crippen LogP contribution in [0.2, 0.25) is 0 Å². The van der Waals surface area contributed by atoms with Crippen molar-refractivity contribution in [1.82, 2.24) is 4.90 Å². The lowest BCUT2D eigenvalue weighted by Gasteiger charge is -2.25. The fraction of sp³-hybridized carbons (Fsp3) is 0.562. The second-order valence-electron chi connectivity index (χ2n) is 5.09. The Balaban J connectivity index is 2.13. The van der Waals surface area contributed by atoms with Gasteiger partial charge in [0.25, 0.3) is 5.91 Å². The van der Waals surface area contributed by atoms with Crippen molar-refractivity contribution in [3.05, 3.63) is 29.8 Å². The van der Waals surface area contributed by atoms with Crippen LogP contribution in [0.3, 0.4) is 0 Å². The van der Waals surface area contributed by atoms with Crippen LogP contribution in [0.25, 0.3) is 0 Å². The topological polar surface area (TPSA) is 49.8 Å². The molecule has 0 aliphatic carbocycles. The lowest BCUT2D eigenvalue weighted by molar-refractivity contribution is 0.0720. The molecule has 1 fully saturated rings. The maximum Gasteiger partial charge on any atom is 0.257 e. The van der Waals surface area contributed by atoms with Crippen molar-refractivity contribution in [2.24, 2.45) is 0 Å². The number of carbonyl (C=O) groups excluding carboxylic acids is 1. The molecule has 110 valence electrons. The average molecular weight is 277 g/mol. The minimum absolute atomic E-state index is 0.0505. The maximum atomic E-state index is 12.7. The van der Waals surface area contributed by atoms with Crippen LogP contribution in [0.1, 0.15) is 43.0 Å². The van der Waals surface area contributed by atoms with Crippen LogP contribution in [0.15, 0.2) is 24.3 Å². The number of benzene rings is 1. The van der Waals surface area contributed by atoms with Gasteiger partial charge >= 0.3 is 0 Å². The molecule has 1 atom stereocenters. The van der Waals surface area contributed by atoms with Crippen molar-refractivity contribution in [2.45, 2.75) is 38.6 Å². The van der Waals surface area contributed by atoms with E-state index in [9.17, 15) is 4.79 Å². The molecule has 1 aromatic rings. The van der Waals surface area contributed by atoms with Gasteiger partial charge in [-0.3, -0.25) is 4.79 Å². The first-order valence-corrected chi connectivity index (χ1v) is 7.41. The summed E-state index contributed by atoms with van der Waals surface area (Å²) >= 11 is 0. The van der Waals surface area contributed by atoms with Crippen LogP contribution in [-0.2, 0) is 0 Å². The van der Waals surface area contributed by atoms with Crippen LogP contribution in [0.4, 0.5) is 0 Å². The Labute approximate surface area is 120 Å². The molecule has 1 saturated heterocycles. The Morgan fingerprint density at radius 3 is 3.00 bits per heavy atom. The summed E-state index contributed by atoms with van der Waals surface area (Å²) in [4.78, 5) is 14.6. The van der Waals surface area contributed by atoms with E-state index in [0.717, 1.165) is 32.2 Å². The molecule has 20 heavy (non-hydrogen) atoms. The number of likely N-dealkylation sites (tertiary alicyclic amines) is 1. The SMILES string of the molecule is CCOc1ccccc1C(=O)N1CCCC1CCCO. The van der Waals surface area contributed by atoms with E-state index < -0.39 is 0 Å². The molecule has 1 amide bonds. The van der Waals surface area contributed by atoms with Gasteiger partial charge in [-0.1, -0.05) is 12.1 Å². The molecule has 1 unspecified atom stereocenters. The second kappa shape index (κ2) is 7.29. The molecule has 1 heterocycles. The van der Waals surface area contributed by atoms with Gasteiger partial charge in [0.05, 0.1) is 12.2 Å². The predicted molar refractivity (Wildman–Crippen MR) is 78.0 cm³/mol. The first-order chi connectivity index (χ1) is 9.77. The van der Waals surface area contributed by atoms with Crippen molar-refractivity contribution in [1.29, 1.82) is 0 Å². The van der Waals surface area contributed by atoms with E-state index in [1.54, 1.807) is 0 Å². The van der Waals surface area contributed by atoms with E-state index >= 15 is 0 Å². The summed E-state index contributed by atoms with van der Waals surface area (Å²) in [5.41, 5.74) is 0.644. The van der Waals surface area contributed by atoms with E-state index in [0.29, 0.717) is 17.9 Å². The Morgan fingerprint density at radius 1 is 1.45 bits per heavy atom. The van der Waals surface area contributed by atoms with Crippen LogP contribution < -0.4 is 4.74 Å². The zero-order valence-electron chi connectivity index (χ0n) is 12.0. The summed E-state index contributed by atoms with van der Waals surface area (Å²) in [5, 5.41) is 8.96. The largest absolute Gasteiger partial charge is 0.493 e. The molecule has 1 aliphatic rings. The number of aliphatic hydroxyl groups is 1. The zero-order chi connectivity index (χ0) is 14.4. The standard InChI is InChI=1S/C16H23NO3/c1-2-20-15-10-4-3-9-14(15)16(19)17-11-5-7-13(17)8-6-12-18/h3-4,9-10,13,18H,2,5-8,11-12H2,1H3. The van der Waals surface area contributed by atoms with Crippen LogP contribution >= 0.6 is 0 Å². The summed E-state index contributed by atoms with van der Waals surface area (Å²) in [6.07, 6.45) is 3.70. The number of nitrogens with zero attached hydrogens (tertiary/aromatic N) is 1. The number of rotatable bonds is 6. The molecule has 0 radical (unpaired) electrons. The van der Waals surface area contributed by atoms with Crippen molar-refractivity contribution in [2.75, 3.05) is 19.8 Å². The van der Waals surface area contributed by atoms with Gasteiger partial charge in [-0.15, -0.1) is 0 Å². The Hall–Kier alpha value is -1.55. The van der Waals surface area contributed by atoms with Gasteiger partial charge < -0.3 is 14.7 Å². The van der Waals surface area contributed by atoms with Gasteiger partial charge in [-0.25, -0.2) is 0 Å². The zero-order valence-corrected chi connectivity index (χ0v) is 12.0. The van der Waals surface area contributed by atoms with E-state index in [1.807, 2.05) is 36.1 Å². The number of ether oxygens (including phenoxy) is 1. The van der Waals surface area contributed by atoms with E-state index in [2.05, 4.69) is 0 Å². The van der Waals surface area contributed by atoms with Gasteiger partial charge in [0.1, 0.15) is 5.75 Å². The summed E-state index contributed by atoms with van der Waals surface area (Å²) in [6, 6.07) is 7.68. The first-order valence-electron chi connectivity index (χ1n) is 7.41. The maximum absolute atomic E-state index is 12.7. The molecule has 0 saturated carbocycles. The highest BCUT2D eigenvalue weighted by atomic mass is 16.5. The minimum atomic E-state index is 0.0505. The Kier molecular flexibility index (Phi) is 5.41. The molecule has 1 aliphatic heterocycles. The summed E-state index contributed by atoms with van der Waals surface area (Å²) < 4.78 is 5.55. The normalized spacial score (nSPS) is 18.3. The number of carbonyl (C=O) groups is 1. The molecule has 0 spiro atoms. The van der Waals surface area contributed by atoms with E-state index in [-0.39, 0.29) is 18.6 Å². The highest BCUT2D eigenvalue weighted by molar-refractivity contribution is 5.97. The number of hydrogen-bond donors (Lipinski definition) is 1. The Morgan fingerprint density at radius 2 is 2.25 bits per heavy atom. The highest BCUT2D eigenvalue weighted by Crippen LogP contribution is 2.27. The number of hydrogen-bond acceptors (Lipinski definition) is 3. The number of para-hydroxylation sites is 1. The van der Waals surface area contributed by atoms with Gasteiger partial charge in [0.15, 0.2) is 0 Å². The van der Waals surface area contributed by atoms with Gasteiger partial charge in [-0.05, 0) is 44.7 Å². The molecule has 0 aromatic heterocycles. The molecular weight excluding hydrogens is 254 g/mol. The van der Waals surface area contributed by atoms with Crippen molar-refractivity contribution in [3.63, 3.8) is 0 Å². The summed E-state index contributed by atoms with van der Waals surface area (Å²) in [6.45, 7) is 3.46. The predicted octanol–water partition coefficient (Wildman–Crippen LogP) is 2.46. The monoisotopic (exact) mass is 277 g/mol. The molecule has 4 heteroatoms. The van der Waals surface area contributed by atoms with Gasteiger partial charge in [0.2, 0.25) is 0 Å². The van der Waals surface area contributed by atoms with Crippen LogP contribution in [0, 0.1) is 0 Å². The number of amides is 1. The summed E-state index contributed by atoms with van der Waals surface area (Å²) in [7, 11) is 0. The molecule has 4 nitrogen and oxygen atoms in total. The van der Waals surface area contributed by atoms with Crippen molar-refractivity contribution >= 4 is 5.91 Å². The molecule has 0 bridgehead atoms. The third-order valence-electron chi connectivity index (χ3n) is 3.75. The first kappa shape index (κ1) is 14.9. The minimum Gasteiger partial charge on any atom is -0.493 e. The smallest absolute Gasteiger partial charge is 0.257 e. The fourth-order valence-corrected chi connectivity index (χ4v) is 2.81. The highest BCUT2D eigenvalue weighted by Gasteiger charge is 2.30. The van der Waals surface area contributed by atoms with Crippen LogP contribution in [-0.4, -0.2) is 41.7 Å². The fourth-order valence-electron chi connectivity index (χ4n) is 2.81. The van der Waals surface area contributed by atoms with Gasteiger partial charge in [-0.2, -0.15) is 0 Å². The Bertz CT molecular complexity index is 447. The van der Waals surface area contributed by atoms with E-state index in [4.69, 9.17) is 9.84 Å². The average Bonchev–Trinajstić information content (AvgIpc) is 2.93. The van der Waals surface area contributed by atoms with Crippen molar-refractivity contribution < 1.29 is 14.6 Å². The van der Waals surface area contributed by atoms with Crippen LogP contribution in [0.5, 0.6) is 5.75 Å². The third-order valence-corrected chi connectivity index (χ3v) is 3.75. The van der Waals surface area contributed by atoms with E-state index in [1.165, 1.54) is 0 Å². The number of aliphatic hydroxyl groups excluding tert-OH is 1. The quantitative estimate of drug-likeness (QED) is 0.869. The molecule has 2 rings (SSSR count). The molecular formula is C16H23NO3. The van der Waals surface area contributed by atoms with Crippen molar-refractivity contribution in [3.8, 4) is 5.75 Å².